The number of para-hydroxylation sites is 1. The van der Waals surface area contributed by atoms with E-state index < -0.39 is 0 Å². The van der Waals surface area contributed by atoms with Crippen LogP contribution in [0.4, 0.5) is 11.4 Å². The summed E-state index contributed by atoms with van der Waals surface area (Å²) in [5.41, 5.74) is 4.66. The molecular weight excluding hydrogens is 276 g/mol. The zero-order valence-corrected chi connectivity index (χ0v) is 13.6. The molecule has 0 aliphatic rings. The Kier molecular flexibility index (Phi) is 5.34. The van der Waals surface area contributed by atoms with Crippen LogP contribution in [-0.4, -0.2) is 5.11 Å². The van der Waals surface area contributed by atoms with Crippen LogP contribution in [0.1, 0.15) is 37.8 Å². The minimum atomic E-state index is 0.459. The van der Waals surface area contributed by atoms with Gasteiger partial charge >= 0.3 is 0 Å². The molecule has 2 aromatic carbocycles. The first-order valence-corrected chi connectivity index (χ1v) is 7.77. The maximum atomic E-state index is 5.40. The second kappa shape index (κ2) is 7.23. The summed E-state index contributed by atoms with van der Waals surface area (Å²) >= 11 is 5.40. The zero-order chi connectivity index (χ0) is 15.2. The smallest absolute Gasteiger partial charge is 0.175 e. The van der Waals surface area contributed by atoms with Crippen molar-refractivity contribution in [3.8, 4) is 0 Å². The van der Waals surface area contributed by atoms with Crippen LogP contribution in [0.25, 0.3) is 0 Å². The van der Waals surface area contributed by atoms with E-state index in [4.69, 9.17) is 12.2 Å². The highest BCUT2D eigenvalue weighted by molar-refractivity contribution is 7.80. The summed E-state index contributed by atoms with van der Waals surface area (Å²) in [6.07, 6.45) is 1.05. The summed E-state index contributed by atoms with van der Waals surface area (Å²) in [4.78, 5) is 0. The highest BCUT2D eigenvalue weighted by Crippen LogP contribution is 2.23. The van der Waals surface area contributed by atoms with Crippen molar-refractivity contribution in [3.63, 3.8) is 0 Å². The fourth-order valence-corrected chi connectivity index (χ4v) is 2.45. The van der Waals surface area contributed by atoms with Gasteiger partial charge in [0.2, 0.25) is 0 Å². The molecule has 0 aromatic heterocycles. The third-order valence-electron chi connectivity index (χ3n) is 3.45. The van der Waals surface area contributed by atoms with E-state index in [0.29, 0.717) is 11.0 Å². The van der Waals surface area contributed by atoms with Crippen LogP contribution in [0.5, 0.6) is 0 Å². The summed E-state index contributed by atoms with van der Waals surface area (Å²) in [6, 6.07) is 16.6. The maximum Gasteiger partial charge on any atom is 0.175 e. The molecule has 0 heterocycles. The molecule has 0 unspecified atom stereocenters. The SMILES string of the molecule is CCc1ccc(NC(=S)Nc2ccccc2C(C)C)cc1. The Labute approximate surface area is 132 Å². The highest BCUT2D eigenvalue weighted by atomic mass is 32.1. The minimum absolute atomic E-state index is 0.459. The van der Waals surface area contributed by atoms with Crippen molar-refractivity contribution in [2.75, 3.05) is 10.6 Å². The van der Waals surface area contributed by atoms with Crippen LogP contribution in [0.3, 0.4) is 0 Å². The lowest BCUT2D eigenvalue weighted by Crippen LogP contribution is -2.20. The molecule has 0 atom stereocenters. The quantitative estimate of drug-likeness (QED) is 0.760. The van der Waals surface area contributed by atoms with Crippen LogP contribution < -0.4 is 10.6 Å². The van der Waals surface area contributed by atoms with Gasteiger partial charge in [-0.25, -0.2) is 0 Å². The Hall–Kier alpha value is -1.87. The van der Waals surface area contributed by atoms with Crippen molar-refractivity contribution < 1.29 is 0 Å². The van der Waals surface area contributed by atoms with Crippen molar-refractivity contribution in [3.05, 3.63) is 59.7 Å². The van der Waals surface area contributed by atoms with E-state index >= 15 is 0 Å². The van der Waals surface area contributed by atoms with Gasteiger partial charge in [-0.1, -0.05) is 51.1 Å². The van der Waals surface area contributed by atoms with E-state index in [0.717, 1.165) is 17.8 Å². The lowest BCUT2D eigenvalue weighted by atomic mass is 10.0. The number of nitrogens with one attached hydrogen (secondary N) is 2. The van der Waals surface area contributed by atoms with Gasteiger partial charge in [-0.2, -0.15) is 0 Å². The zero-order valence-electron chi connectivity index (χ0n) is 12.8. The molecule has 2 nitrogen and oxygen atoms in total. The molecule has 0 spiro atoms. The van der Waals surface area contributed by atoms with E-state index in [-0.39, 0.29) is 0 Å². The van der Waals surface area contributed by atoms with Gasteiger partial charge in [0, 0.05) is 11.4 Å². The molecule has 0 aliphatic heterocycles. The number of aryl methyl sites for hydroxylation is 1. The van der Waals surface area contributed by atoms with Gasteiger partial charge in [-0.05, 0) is 53.9 Å². The largest absolute Gasteiger partial charge is 0.332 e. The Balaban J connectivity index is 2.04. The molecule has 21 heavy (non-hydrogen) atoms. The summed E-state index contributed by atoms with van der Waals surface area (Å²) in [5.74, 6) is 0.459. The number of hydrogen-bond donors (Lipinski definition) is 2. The lowest BCUT2D eigenvalue weighted by Gasteiger charge is -2.16. The van der Waals surface area contributed by atoms with E-state index in [9.17, 15) is 0 Å². The van der Waals surface area contributed by atoms with E-state index in [1.54, 1.807) is 0 Å². The average Bonchev–Trinajstić information content (AvgIpc) is 2.48. The summed E-state index contributed by atoms with van der Waals surface area (Å²) in [6.45, 7) is 6.51. The monoisotopic (exact) mass is 298 g/mol. The van der Waals surface area contributed by atoms with Crippen molar-refractivity contribution in [1.29, 1.82) is 0 Å². The lowest BCUT2D eigenvalue weighted by molar-refractivity contribution is 0.869. The maximum absolute atomic E-state index is 5.40. The van der Waals surface area contributed by atoms with Gasteiger partial charge in [0.25, 0.3) is 0 Å². The second-order valence-electron chi connectivity index (χ2n) is 5.37. The van der Waals surface area contributed by atoms with Gasteiger partial charge in [0.1, 0.15) is 0 Å². The Morgan fingerprint density at radius 3 is 2.29 bits per heavy atom. The molecule has 0 saturated heterocycles. The second-order valence-corrected chi connectivity index (χ2v) is 5.78. The number of benzene rings is 2. The number of anilines is 2. The van der Waals surface area contributed by atoms with Gasteiger partial charge < -0.3 is 10.6 Å². The van der Waals surface area contributed by atoms with Crippen LogP contribution in [0.15, 0.2) is 48.5 Å². The number of rotatable bonds is 4. The van der Waals surface area contributed by atoms with Gasteiger partial charge in [0.05, 0.1) is 0 Å². The Morgan fingerprint density at radius 1 is 1.00 bits per heavy atom. The first-order chi connectivity index (χ1) is 10.1. The van der Waals surface area contributed by atoms with Crippen LogP contribution >= 0.6 is 12.2 Å². The summed E-state index contributed by atoms with van der Waals surface area (Å²) < 4.78 is 0. The number of thiocarbonyl (C=S) groups is 1. The van der Waals surface area contributed by atoms with E-state index in [1.807, 2.05) is 6.07 Å². The first kappa shape index (κ1) is 15.5. The topological polar surface area (TPSA) is 24.1 Å². The molecule has 0 fully saturated rings. The fraction of sp³-hybridized carbons (Fsp3) is 0.278. The molecule has 2 rings (SSSR count). The molecule has 0 bridgehead atoms. The van der Waals surface area contributed by atoms with Gasteiger partial charge in [-0.3, -0.25) is 0 Å². The van der Waals surface area contributed by atoms with Crippen molar-refractivity contribution in [2.45, 2.75) is 33.1 Å². The van der Waals surface area contributed by atoms with Crippen molar-refractivity contribution in [1.82, 2.24) is 0 Å². The predicted octanol–water partition coefficient (Wildman–Crippen LogP) is 5.18. The third-order valence-corrected chi connectivity index (χ3v) is 3.66. The molecule has 0 amide bonds. The molecular formula is C18H22N2S. The Bertz CT molecular complexity index is 603. The standard InChI is InChI=1S/C18H22N2S/c1-4-14-9-11-15(12-10-14)19-18(21)20-17-8-6-5-7-16(17)13(2)3/h5-13H,4H2,1-3H3,(H2,19,20,21). The van der Waals surface area contributed by atoms with E-state index in [2.05, 4.69) is 73.9 Å². The number of hydrogen-bond acceptors (Lipinski definition) is 1. The van der Waals surface area contributed by atoms with Gasteiger partial charge in [-0.15, -0.1) is 0 Å². The van der Waals surface area contributed by atoms with Crippen molar-refractivity contribution in [2.24, 2.45) is 0 Å². The Morgan fingerprint density at radius 2 is 1.67 bits per heavy atom. The highest BCUT2D eigenvalue weighted by Gasteiger charge is 2.07. The van der Waals surface area contributed by atoms with Gasteiger partial charge in [0.15, 0.2) is 5.11 Å². The summed E-state index contributed by atoms with van der Waals surface area (Å²) in [5, 5.41) is 7.14. The average molecular weight is 298 g/mol. The van der Waals surface area contributed by atoms with E-state index in [1.165, 1.54) is 11.1 Å². The van der Waals surface area contributed by atoms with Crippen molar-refractivity contribution >= 4 is 28.7 Å². The minimum Gasteiger partial charge on any atom is -0.332 e. The fourth-order valence-electron chi connectivity index (χ4n) is 2.22. The van der Waals surface area contributed by atoms with Crippen LogP contribution in [-0.2, 0) is 6.42 Å². The molecule has 0 aliphatic carbocycles. The van der Waals surface area contributed by atoms with Crippen LogP contribution in [0.2, 0.25) is 0 Å². The first-order valence-electron chi connectivity index (χ1n) is 7.36. The third kappa shape index (κ3) is 4.30. The molecule has 0 saturated carbocycles. The molecule has 110 valence electrons. The molecule has 3 heteroatoms. The molecule has 2 N–H and O–H groups in total. The molecule has 2 aromatic rings. The molecule has 0 radical (unpaired) electrons. The normalized spacial score (nSPS) is 10.5. The van der Waals surface area contributed by atoms with Crippen LogP contribution in [0, 0.1) is 0 Å². The predicted molar refractivity (Wildman–Crippen MR) is 96.2 cm³/mol. The summed E-state index contributed by atoms with van der Waals surface area (Å²) in [7, 11) is 0.